The van der Waals surface area contributed by atoms with Crippen molar-refractivity contribution in [2.45, 2.75) is 24.9 Å². The van der Waals surface area contributed by atoms with E-state index in [-0.39, 0.29) is 29.1 Å². The molecule has 0 aromatic heterocycles. The Kier molecular flexibility index (Phi) is 4.46. The first-order chi connectivity index (χ1) is 7.86. The van der Waals surface area contributed by atoms with Gasteiger partial charge in [0.15, 0.2) is 0 Å². The summed E-state index contributed by atoms with van der Waals surface area (Å²) in [6.45, 7) is 3.42. The molecule has 0 fully saturated rings. The second-order valence-electron chi connectivity index (χ2n) is 3.73. The van der Waals surface area contributed by atoms with Crippen LogP contribution in [0, 0.1) is 0 Å². The summed E-state index contributed by atoms with van der Waals surface area (Å²) in [6, 6.07) is 4.14. The van der Waals surface area contributed by atoms with Gasteiger partial charge in [-0.2, -0.15) is 13.2 Å². The number of alkyl halides is 3. The smallest absolute Gasteiger partial charge is 0.395 e. The Balaban J connectivity index is 3.12. The van der Waals surface area contributed by atoms with Gasteiger partial charge in [0.1, 0.15) is 0 Å². The van der Waals surface area contributed by atoms with Crippen molar-refractivity contribution in [3.05, 3.63) is 41.4 Å². The molecule has 0 heterocycles. The Bertz CT molecular complexity index is 401. The minimum Gasteiger partial charge on any atom is -0.398 e. The summed E-state index contributed by atoms with van der Waals surface area (Å²) in [4.78, 5) is 0. The molecule has 0 amide bonds. The van der Waals surface area contributed by atoms with Crippen molar-refractivity contribution in [1.82, 2.24) is 0 Å². The minimum absolute atomic E-state index is 0.0341. The van der Waals surface area contributed by atoms with E-state index in [2.05, 4.69) is 6.58 Å². The first kappa shape index (κ1) is 13.9. The number of hydrogen-bond donors (Lipinski definition) is 1. The highest BCUT2D eigenvalue weighted by Crippen LogP contribution is 2.41. The van der Waals surface area contributed by atoms with Gasteiger partial charge in [-0.1, -0.05) is 17.7 Å². The molecule has 17 heavy (non-hydrogen) atoms. The zero-order valence-electron chi connectivity index (χ0n) is 9.10. The van der Waals surface area contributed by atoms with Gasteiger partial charge in [0, 0.05) is 10.7 Å². The maximum Gasteiger partial charge on any atom is 0.395 e. The van der Waals surface area contributed by atoms with Crippen molar-refractivity contribution in [2.24, 2.45) is 0 Å². The van der Waals surface area contributed by atoms with E-state index in [1.54, 1.807) is 0 Å². The summed E-state index contributed by atoms with van der Waals surface area (Å²) in [6.07, 6.45) is -2.67. The van der Waals surface area contributed by atoms with Gasteiger partial charge < -0.3 is 5.73 Å². The van der Waals surface area contributed by atoms with Crippen molar-refractivity contribution in [2.75, 3.05) is 5.73 Å². The van der Waals surface area contributed by atoms with Crippen molar-refractivity contribution in [3.63, 3.8) is 0 Å². The lowest BCUT2D eigenvalue weighted by molar-refractivity contribution is -0.151. The summed E-state index contributed by atoms with van der Waals surface area (Å²) in [7, 11) is 0. The molecule has 94 valence electrons. The predicted octanol–water partition coefficient (Wildman–Crippen LogP) is 4.53. The second-order valence-corrected chi connectivity index (χ2v) is 4.17. The molecule has 0 radical (unpaired) electrons. The van der Waals surface area contributed by atoms with Crippen LogP contribution in [0.3, 0.4) is 0 Å². The fourth-order valence-corrected chi connectivity index (χ4v) is 1.81. The molecule has 0 aliphatic carbocycles. The Morgan fingerprint density at radius 2 is 2.06 bits per heavy atom. The molecule has 1 aromatic carbocycles. The molecule has 5 heteroatoms. The van der Waals surface area contributed by atoms with Crippen LogP contribution in [0.25, 0.3) is 0 Å². The maximum absolute atomic E-state index is 12.9. The first-order valence-corrected chi connectivity index (χ1v) is 5.46. The summed E-state index contributed by atoms with van der Waals surface area (Å²) >= 11 is 5.70. The maximum atomic E-state index is 12.9. The number of hydrogen-bond acceptors (Lipinski definition) is 1. The summed E-state index contributed by atoms with van der Waals surface area (Å²) in [5.41, 5.74) is 5.72. The van der Waals surface area contributed by atoms with Gasteiger partial charge in [0.05, 0.1) is 5.92 Å². The molecule has 1 atom stereocenters. The van der Waals surface area contributed by atoms with Gasteiger partial charge in [-0.05, 0) is 36.6 Å². The highest BCUT2D eigenvalue weighted by atomic mass is 35.5. The molecule has 1 unspecified atom stereocenters. The number of nitrogen functional groups attached to an aromatic ring is 1. The fraction of sp³-hybridized carbons (Fsp3) is 0.333. The number of halogens is 4. The fourth-order valence-electron chi connectivity index (χ4n) is 1.63. The van der Waals surface area contributed by atoms with Crippen molar-refractivity contribution < 1.29 is 13.2 Å². The molecule has 1 aromatic rings. The molecule has 0 bridgehead atoms. The molecule has 0 saturated heterocycles. The largest absolute Gasteiger partial charge is 0.398 e. The number of anilines is 1. The Morgan fingerprint density at radius 3 is 2.59 bits per heavy atom. The zero-order chi connectivity index (χ0) is 13.1. The molecular formula is C12H13ClF3N. The van der Waals surface area contributed by atoms with Crippen LogP contribution in [-0.4, -0.2) is 6.18 Å². The van der Waals surface area contributed by atoms with E-state index in [0.717, 1.165) is 0 Å². The molecule has 1 rings (SSSR count). The average molecular weight is 264 g/mol. The molecular weight excluding hydrogens is 251 g/mol. The third-order valence-electron chi connectivity index (χ3n) is 2.48. The van der Waals surface area contributed by atoms with Gasteiger partial charge in [-0.15, -0.1) is 6.58 Å². The van der Waals surface area contributed by atoms with Crippen LogP contribution in [0.4, 0.5) is 18.9 Å². The second kappa shape index (κ2) is 5.45. The monoisotopic (exact) mass is 263 g/mol. The van der Waals surface area contributed by atoms with E-state index in [1.165, 1.54) is 24.3 Å². The summed E-state index contributed by atoms with van der Waals surface area (Å²) in [5, 5.41) is 0.252. The van der Waals surface area contributed by atoms with Crippen LogP contribution in [0.1, 0.15) is 24.3 Å². The van der Waals surface area contributed by atoms with Gasteiger partial charge in [-0.3, -0.25) is 0 Å². The van der Waals surface area contributed by atoms with Crippen LogP contribution in [0.15, 0.2) is 30.9 Å². The van der Waals surface area contributed by atoms with Crippen molar-refractivity contribution >= 4 is 17.3 Å². The number of nitrogens with two attached hydrogens (primary N) is 1. The summed E-state index contributed by atoms with van der Waals surface area (Å²) in [5.74, 6) is -1.60. The highest BCUT2D eigenvalue weighted by molar-refractivity contribution is 6.30. The van der Waals surface area contributed by atoms with E-state index >= 15 is 0 Å². The summed E-state index contributed by atoms with van der Waals surface area (Å²) < 4.78 is 38.7. The Morgan fingerprint density at radius 1 is 1.41 bits per heavy atom. The Hall–Kier alpha value is -1.16. The minimum atomic E-state index is -4.33. The van der Waals surface area contributed by atoms with Gasteiger partial charge in [-0.25, -0.2) is 0 Å². The number of allylic oxidation sites excluding steroid dienone is 1. The molecule has 0 saturated carbocycles. The first-order valence-electron chi connectivity index (χ1n) is 5.08. The van der Waals surface area contributed by atoms with E-state index in [4.69, 9.17) is 17.3 Å². The van der Waals surface area contributed by atoms with Crippen molar-refractivity contribution in [3.8, 4) is 0 Å². The van der Waals surface area contributed by atoms with Crippen LogP contribution < -0.4 is 5.73 Å². The average Bonchev–Trinajstić information content (AvgIpc) is 2.21. The molecule has 0 aliphatic rings. The van der Waals surface area contributed by atoms with Crippen LogP contribution in [0.5, 0.6) is 0 Å². The highest BCUT2D eigenvalue weighted by Gasteiger charge is 2.40. The standard InChI is InChI=1S/C12H13ClF3N/c1-2-3-4-10(12(14,15)16)9-7-8(13)5-6-11(9)17/h2,5-7,10H,1,3-4,17H2. The van der Waals surface area contributed by atoms with Gasteiger partial charge >= 0.3 is 6.18 Å². The molecule has 1 nitrogen and oxygen atoms in total. The SMILES string of the molecule is C=CCCC(c1cc(Cl)ccc1N)C(F)(F)F. The third kappa shape index (κ3) is 3.66. The van der Waals surface area contributed by atoms with E-state index < -0.39 is 12.1 Å². The topological polar surface area (TPSA) is 26.0 Å². The lowest BCUT2D eigenvalue weighted by Crippen LogP contribution is -2.21. The zero-order valence-corrected chi connectivity index (χ0v) is 9.85. The van der Waals surface area contributed by atoms with E-state index in [1.807, 2.05) is 0 Å². The Labute approximate surface area is 103 Å². The lowest BCUT2D eigenvalue weighted by atomic mass is 9.92. The van der Waals surface area contributed by atoms with Gasteiger partial charge in [0.25, 0.3) is 0 Å². The molecule has 0 aliphatic heterocycles. The third-order valence-corrected chi connectivity index (χ3v) is 2.71. The van der Waals surface area contributed by atoms with Crippen LogP contribution in [-0.2, 0) is 0 Å². The quantitative estimate of drug-likeness (QED) is 0.627. The lowest BCUT2D eigenvalue weighted by Gasteiger charge is -2.21. The number of rotatable bonds is 4. The van der Waals surface area contributed by atoms with Crippen LogP contribution >= 0.6 is 11.6 Å². The normalized spacial score (nSPS) is 13.4. The van der Waals surface area contributed by atoms with E-state index in [9.17, 15) is 13.2 Å². The van der Waals surface area contributed by atoms with E-state index in [0.29, 0.717) is 0 Å². The molecule has 0 spiro atoms. The number of benzene rings is 1. The predicted molar refractivity (Wildman–Crippen MR) is 64.1 cm³/mol. The van der Waals surface area contributed by atoms with Crippen molar-refractivity contribution in [1.29, 1.82) is 0 Å². The van der Waals surface area contributed by atoms with Gasteiger partial charge in [0.2, 0.25) is 0 Å². The molecule has 2 N–H and O–H groups in total. The van der Waals surface area contributed by atoms with Crippen LogP contribution in [0.2, 0.25) is 5.02 Å².